The molecule has 2 aromatic rings. The van der Waals surface area contributed by atoms with E-state index in [4.69, 9.17) is 10.00 Å². The lowest BCUT2D eigenvalue weighted by molar-refractivity contribution is -0.185. The lowest BCUT2D eigenvalue weighted by atomic mass is 9.78. The molecule has 0 bridgehead atoms. The molecule has 1 fully saturated rings. The van der Waals surface area contributed by atoms with Crippen molar-refractivity contribution in [2.24, 2.45) is 5.92 Å². The van der Waals surface area contributed by atoms with Crippen molar-refractivity contribution in [2.75, 3.05) is 0 Å². The van der Waals surface area contributed by atoms with Gasteiger partial charge < -0.3 is 4.74 Å². The first-order valence-corrected chi connectivity index (χ1v) is 9.53. The Bertz CT molecular complexity index is 900. The number of nitrogens with zero attached hydrogens (tertiary/aromatic N) is 1. The minimum absolute atomic E-state index is 0.105. The number of hydrogen-bond acceptors (Lipinski definition) is 2. The fraction of sp³-hybridized carbons (Fsp3) is 0.348. The summed E-state index contributed by atoms with van der Waals surface area (Å²) in [6.45, 7) is 2.02. The number of hydrogen-bond donors (Lipinski definition) is 0. The zero-order valence-electron chi connectivity index (χ0n) is 16.0. The highest BCUT2D eigenvalue weighted by atomic mass is 19.3. The van der Waals surface area contributed by atoms with Gasteiger partial charge in [-0.1, -0.05) is 24.3 Å². The van der Waals surface area contributed by atoms with E-state index in [2.05, 4.69) is 12.2 Å². The monoisotopic (exact) mass is 403 g/mol. The maximum atomic E-state index is 14.4. The van der Waals surface area contributed by atoms with Crippen molar-refractivity contribution in [1.29, 1.82) is 5.26 Å². The Morgan fingerprint density at radius 1 is 1.03 bits per heavy atom. The molecule has 0 aromatic heterocycles. The van der Waals surface area contributed by atoms with Gasteiger partial charge in [-0.05, 0) is 74.3 Å². The number of allylic oxidation sites excluding steroid dienone is 2. The SMILES string of the molecule is C/C=C/C1CCC(c2ccc(OC(F)(F)c3cc(F)c(C#N)c(F)c3)cc2)CC1. The van der Waals surface area contributed by atoms with E-state index in [9.17, 15) is 17.6 Å². The Morgan fingerprint density at radius 3 is 2.14 bits per heavy atom. The molecule has 6 heteroatoms. The molecule has 2 aromatic carbocycles. The number of alkyl halides is 2. The third-order valence-electron chi connectivity index (χ3n) is 5.32. The summed E-state index contributed by atoms with van der Waals surface area (Å²) in [4.78, 5) is 0. The molecule has 1 saturated carbocycles. The van der Waals surface area contributed by atoms with Crippen LogP contribution in [0.25, 0.3) is 0 Å². The van der Waals surface area contributed by atoms with Crippen molar-refractivity contribution in [2.45, 2.75) is 44.6 Å². The van der Waals surface area contributed by atoms with Gasteiger partial charge in [0.1, 0.15) is 29.0 Å². The van der Waals surface area contributed by atoms with Crippen molar-refractivity contribution in [3.63, 3.8) is 0 Å². The van der Waals surface area contributed by atoms with Crippen molar-refractivity contribution >= 4 is 0 Å². The Morgan fingerprint density at radius 2 is 1.62 bits per heavy atom. The van der Waals surface area contributed by atoms with Crippen LogP contribution in [-0.2, 0) is 6.11 Å². The summed E-state index contributed by atoms with van der Waals surface area (Å²) in [6.07, 6.45) is 4.63. The second-order valence-electron chi connectivity index (χ2n) is 7.25. The van der Waals surface area contributed by atoms with Gasteiger partial charge in [0.15, 0.2) is 0 Å². The molecule has 2 nitrogen and oxygen atoms in total. The van der Waals surface area contributed by atoms with Gasteiger partial charge in [-0.15, -0.1) is 0 Å². The molecule has 29 heavy (non-hydrogen) atoms. The maximum Gasteiger partial charge on any atom is 0.426 e. The van der Waals surface area contributed by atoms with Crippen molar-refractivity contribution in [3.8, 4) is 11.8 Å². The predicted molar refractivity (Wildman–Crippen MR) is 102 cm³/mol. The van der Waals surface area contributed by atoms with Gasteiger partial charge in [0.2, 0.25) is 0 Å². The first kappa shape index (κ1) is 20.9. The van der Waals surface area contributed by atoms with Crippen LogP contribution in [0.15, 0.2) is 48.6 Å². The van der Waals surface area contributed by atoms with Crippen molar-refractivity contribution < 1.29 is 22.3 Å². The second-order valence-corrected chi connectivity index (χ2v) is 7.25. The molecular formula is C23H21F4NO. The van der Waals surface area contributed by atoms with Crippen LogP contribution < -0.4 is 4.74 Å². The van der Waals surface area contributed by atoms with E-state index in [1.807, 2.05) is 6.92 Å². The largest absolute Gasteiger partial charge is 0.429 e. The third-order valence-corrected chi connectivity index (χ3v) is 5.32. The van der Waals surface area contributed by atoms with Crippen molar-refractivity contribution in [1.82, 2.24) is 0 Å². The quantitative estimate of drug-likeness (QED) is 0.406. The lowest BCUT2D eigenvalue weighted by Gasteiger charge is -2.27. The summed E-state index contributed by atoms with van der Waals surface area (Å²) in [7, 11) is 0. The fourth-order valence-corrected chi connectivity index (χ4v) is 3.78. The Hall–Kier alpha value is -2.81. The van der Waals surface area contributed by atoms with E-state index < -0.39 is 28.9 Å². The molecule has 0 radical (unpaired) electrons. The van der Waals surface area contributed by atoms with Gasteiger partial charge in [-0.2, -0.15) is 14.0 Å². The van der Waals surface area contributed by atoms with E-state index in [1.54, 1.807) is 12.1 Å². The van der Waals surface area contributed by atoms with Crippen LogP contribution in [0.4, 0.5) is 17.6 Å². The third kappa shape index (κ3) is 4.79. The number of nitriles is 1. The topological polar surface area (TPSA) is 33.0 Å². The first-order valence-electron chi connectivity index (χ1n) is 9.53. The van der Waals surface area contributed by atoms with E-state index in [0.29, 0.717) is 24.0 Å². The number of halogens is 4. The Kier molecular flexibility index (Phi) is 6.26. The maximum absolute atomic E-state index is 14.4. The zero-order chi connectivity index (χ0) is 21.0. The summed E-state index contributed by atoms with van der Waals surface area (Å²) in [6, 6.07) is 8.53. The number of rotatable bonds is 5. The molecule has 0 N–H and O–H groups in total. The molecule has 0 spiro atoms. The Labute approximate surface area is 167 Å². The smallest absolute Gasteiger partial charge is 0.426 e. The van der Waals surface area contributed by atoms with E-state index in [-0.39, 0.29) is 5.75 Å². The van der Waals surface area contributed by atoms with Gasteiger partial charge in [0.05, 0.1) is 5.56 Å². The standard InChI is InChI=1S/C23H21F4NO/c1-2-3-15-4-6-16(7-5-15)17-8-10-19(11-9-17)29-23(26,27)18-12-21(24)20(14-28)22(25)13-18/h2-3,8-13,15-16H,4-7H2,1H3/b3-2+. The van der Waals surface area contributed by atoms with Gasteiger partial charge in [-0.25, -0.2) is 8.78 Å². The van der Waals surface area contributed by atoms with Crippen LogP contribution in [0.1, 0.15) is 55.2 Å². The summed E-state index contributed by atoms with van der Waals surface area (Å²) in [5.74, 6) is -1.82. The zero-order valence-corrected chi connectivity index (χ0v) is 16.0. The second kappa shape index (κ2) is 8.69. The Balaban J connectivity index is 1.70. The highest BCUT2D eigenvalue weighted by Gasteiger charge is 2.36. The van der Waals surface area contributed by atoms with Gasteiger partial charge in [0, 0.05) is 0 Å². The molecular weight excluding hydrogens is 382 g/mol. The summed E-state index contributed by atoms with van der Waals surface area (Å²) < 4.78 is 60.7. The first-order chi connectivity index (χ1) is 13.8. The predicted octanol–water partition coefficient (Wildman–Crippen LogP) is 6.81. The van der Waals surface area contributed by atoms with Gasteiger partial charge in [-0.3, -0.25) is 0 Å². The molecule has 1 aliphatic rings. The molecule has 3 rings (SSSR count). The van der Waals surface area contributed by atoms with Gasteiger partial charge in [0.25, 0.3) is 0 Å². The minimum Gasteiger partial charge on any atom is -0.429 e. The van der Waals surface area contributed by atoms with Crippen LogP contribution in [0.5, 0.6) is 5.75 Å². The lowest BCUT2D eigenvalue weighted by Crippen LogP contribution is -2.22. The van der Waals surface area contributed by atoms with Crippen LogP contribution in [-0.4, -0.2) is 0 Å². The van der Waals surface area contributed by atoms with E-state index in [1.165, 1.54) is 18.2 Å². The molecule has 0 atom stereocenters. The molecule has 0 unspecified atom stereocenters. The molecule has 0 amide bonds. The molecule has 0 saturated heterocycles. The van der Waals surface area contributed by atoms with E-state index in [0.717, 1.165) is 31.2 Å². The highest BCUT2D eigenvalue weighted by Crippen LogP contribution is 2.38. The molecule has 0 heterocycles. The average molecular weight is 403 g/mol. The average Bonchev–Trinajstić information content (AvgIpc) is 2.69. The summed E-state index contributed by atoms with van der Waals surface area (Å²) >= 11 is 0. The molecule has 1 aliphatic carbocycles. The summed E-state index contributed by atoms with van der Waals surface area (Å²) in [5.41, 5.74) is -0.828. The van der Waals surface area contributed by atoms with Crippen LogP contribution in [0.3, 0.4) is 0 Å². The van der Waals surface area contributed by atoms with E-state index >= 15 is 0 Å². The number of ether oxygens (including phenoxy) is 1. The normalized spacial score (nSPS) is 19.9. The van der Waals surface area contributed by atoms with Crippen LogP contribution in [0, 0.1) is 28.9 Å². The van der Waals surface area contributed by atoms with Crippen molar-refractivity contribution in [3.05, 3.63) is 76.9 Å². The minimum atomic E-state index is -3.94. The van der Waals surface area contributed by atoms with Gasteiger partial charge >= 0.3 is 6.11 Å². The highest BCUT2D eigenvalue weighted by molar-refractivity contribution is 5.37. The van der Waals surface area contributed by atoms with Crippen LogP contribution >= 0.6 is 0 Å². The molecule has 152 valence electrons. The summed E-state index contributed by atoms with van der Waals surface area (Å²) in [5, 5.41) is 8.65. The number of benzene rings is 2. The molecule has 0 aliphatic heterocycles. The van der Waals surface area contributed by atoms with Crippen LogP contribution in [0.2, 0.25) is 0 Å². The fourth-order valence-electron chi connectivity index (χ4n) is 3.78.